The van der Waals surface area contributed by atoms with Crippen LogP contribution in [0.1, 0.15) is 29.8 Å². The molecule has 1 aromatic heterocycles. The molecule has 7 heteroatoms. The van der Waals surface area contributed by atoms with Crippen LogP contribution in [0.5, 0.6) is 5.75 Å². The van der Waals surface area contributed by atoms with Gasteiger partial charge in [0.1, 0.15) is 11.8 Å². The molecule has 1 aliphatic rings. The van der Waals surface area contributed by atoms with Gasteiger partial charge in [-0.05, 0) is 25.5 Å². The molecule has 0 bridgehead atoms. The Bertz CT molecular complexity index is 769. The van der Waals surface area contributed by atoms with Crippen molar-refractivity contribution >= 4 is 11.9 Å². The number of hydrogen-bond acceptors (Lipinski definition) is 5. The summed E-state index contributed by atoms with van der Waals surface area (Å²) in [7, 11) is 1.33. The zero-order valence-electron chi connectivity index (χ0n) is 15.0. The topological polar surface area (TPSA) is 84.5 Å². The number of ether oxygens (including phenoxy) is 2. The molecule has 1 aromatic carbocycles. The number of methoxy groups -OCH3 is 1. The lowest BCUT2D eigenvalue weighted by Gasteiger charge is -2.33. The van der Waals surface area contributed by atoms with E-state index in [0.717, 1.165) is 17.1 Å². The Hall–Kier alpha value is -2.83. The molecule has 7 nitrogen and oxygen atoms in total. The molecule has 1 amide bonds. The van der Waals surface area contributed by atoms with Gasteiger partial charge in [-0.25, -0.2) is 9.78 Å². The van der Waals surface area contributed by atoms with Crippen LogP contribution in [0.3, 0.4) is 0 Å². The monoisotopic (exact) mass is 357 g/mol. The van der Waals surface area contributed by atoms with E-state index in [-0.39, 0.29) is 5.91 Å². The Labute approximate surface area is 152 Å². The molecule has 0 spiro atoms. The second-order valence-corrected chi connectivity index (χ2v) is 6.36. The van der Waals surface area contributed by atoms with Crippen LogP contribution in [-0.2, 0) is 27.3 Å². The molecule has 0 aliphatic carbocycles. The highest BCUT2D eigenvalue weighted by Gasteiger charge is 2.36. The number of fused-ring (bicyclic) bond motifs is 1. The quantitative estimate of drug-likeness (QED) is 0.631. The molecule has 2 heterocycles. The van der Waals surface area contributed by atoms with Crippen LogP contribution in [0.25, 0.3) is 0 Å². The fourth-order valence-electron chi connectivity index (χ4n) is 3.04. The maximum Gasteiger partial charge on any atom is 0.329 e. The summed E-state index contributed by atoms with van der Waals surface area (Å²) in [5.41, 5.74) is 2.85. The fraction of sp³-hybridized carbons (Fsp3) is 0.421. The van der Waals surface area contributed by atoms with Gasteiger partial charge in [0, 0.05) is 12.8 Å². The highest BCUT2D eigenvalue weighted by molar-refractivity contribution is 5.85. The van der Waals surface area contributed by atoms with E-state index in [9.17, 15) is 9.59 Å². The van der Waals surface area contributed by atoms with E-state index in [1.807, 2.05) is 31.2 Å². The highest BCUT2D eigenvalue weighted by Crippen LogP contribution is 2.22. The molecule has 0 radical (unpaired) electrons. The molecule has 1 N–H and O–H groups in total. The third-order valence-corrected chi connectivity index (χ3v) is 4.52. The lowest BCUT2D eigenvalue weighted by molar-refractivity contribution is -0.154. The van der Waals surface area contributed by atoms with Crippen LogP contribution < -0.4 is 4.74 Å². The molecule has 0 saturated heterocycles. The van der Waals surface area contributed by atoms with Gasteiger partial charge in [-0.1, -0.05) is 17.7 Å². The van der Waals surface area contributed by atoms with Gasteiger partial charge in [-0.2, -0.15) is 0 Å². The Balaban J connectivity index is 1.55. The Morgan fingerprint density at radius 3 is 2.81 bits per heavy atom. The largest absolute Gasteiger partial charge is 0.494 e. The summed E-state index contributed by atoms with van der Waals surface area (Å²) in [6.45, 7) is 2.80. The number of carbonyl (C=O) groups excluding carboxylic acids is 2. The van der Waals surface area contributed by atoms with E-state index in [1.165, 1.54) is 12.7 Å². The van der Waals surface area contributed by atoms with E-state index >= 15 is 0 Å². The summed E-state index contributed by atoms with van der Waals surface area (Å²) in [6.07, 6.45) is 2.84. The van der Waals surface area contributed by atoms with Crippen LogP contribution in [0, 0.1) is 6.92 Å². The van der Waals surface area contributed by atoms with Gasteiger partial charge >= 0.3 is 5.97 Å². The van der Waals surface area contributed by atoms with Gasteiger partial charge in [-0.15, -0.1) is 0 Å². The molecule has 2 aromatic rings. The smallest absolute Gasteiger partial charge is 0.329 e. The number of aromatic amines is 1. The Morgan fingerprint density at radius 2 is 2.08 bits per heavy atom. The van der Waals surface area contributed by atoms with Crippen molar-refractivity contribution in [3.8, 4) is 5.75 Å². The molecule has 1 atom stereocenters. The second kappa shape index (κ2) is 8.03. The van der Waals surface area contributed by atoms with Crippen molar-refractivity contribution in [2.45, 2.75) is 38.8 Å². The SMILES string of the molecule is COC(=O)C1Cc2nc[nH]c2CN1C(=O)CCCOc1ccc(C)cc1. The van der Waals surface area contributed by atoms with E-state index < -0.39 is 12.0 Å². The van der Waals surface area contributed by atoms with Crippen molar-refractivity contribution < 1.29 is 19.1 Å². The normalized spacial score (nSPS) is 16.1. The van der Waals surface area contributed by atoms with Crippen molar-refractivity contribution in [2.24, 2.45) is 0 Å². The van der Waals surface area contributed by atoms with Crippen molar-refractivity contribution in [3.05, 3.63) is 47.5 Å². The molecule has 1 unspecified atom stereocenters. The number of aryl methyl sites for hydroxylation is 1. The minimum Gasteiger partial charge on any atom is -0.494 e. The second-order valence-electron chi connectivity index (χ2n) is 6.36. The number of esters is 1. The van der Waals surface area contributed by atoms with E-state index in [1.54, 1.807) is 11.2 Å². The van der Waals surface area contributed by atoms with Crippen LogP contribution >= 0.6 is 0 Å². The fourth-order valence-corrected chi connectivity index (χ4v) is 3.04. The Kier molecular flexibility index (Phi) is 5.55. The van der Waals surface area contributed by atoms with Crippen LogP contribution in [0.15, 0.2) is 30.6 Å². The summed E-state index contributed by atoms with van der Waals surface area (Å²) in [4.78, 5) is 33.5. The standard InChI is InChI=1S/C19H23N3O4/c1-13-5-7-14(8-6-13)26-9-3-4-18(23)22-11-16-15(20-12-21-16)10-17(22)19(24)25-2/h5-8,12,17H,3-4,9-11H2,1-2H3,(H,20,21). The first-order valence-electron chi connectivity index (χ1n) is 8.66. The number of hydrogen-bond donors (Lipinski definition) is 1. The van der Waals surface area contributed by atoms with Crippen molar-refractivity contribution in [3.63, 3.8) is 0 Å². The number of carbonyl (C=O) groups is 2. The van der Waals surface area contributed by atoms with Crippen molar-refractivity contribution in [1.82, 2.24) is 14.9 Å². The third-order valence-electron chi connectivity index (χ3n) is 4.52. The average Bonchev–Trinajstić information content (AvgIpc) is 3.12. The van der Waals surface area contributed by atoms with E-state index in [0.29, 0.717) is 32.4 Å². The first-order chi connectivity index (χ1) is 12.6. The zero-order valence-corrected chi connectivity index (χ0v) is 15.0. The highest BCUT2D eigenvalue weighted by atomic mass is 16.5. The predicted octanol–water partition coefficient (Wildman–Crippen LogP) is 2.00. The van der Waals surface area contributed by atoms with E-state index in [2.05, 4.69) is 9.97 Å². The van der Waals surface area contributed by atoms with E-state index in [4.69, 9.17) is 9.47 Å². The molecule has 138 valence electrons. The average molecular weight is 357 g/mol. The molecular weight excluding hydrogens is 334 g/mol. The molecule has 3 rings (SSSR count). The molecule has 1 aliphatic heterocycles. The molecular formula is C19H23N3O4. The number of H-pyrrole nitrogens is 1. The number of imidazole rings is 1. The van der Waals surface area contributed by atoms with Crippen molar-refractivity contribution in [2.75, 3.05) is 13.7 Å². The lowest BCUT2D eigenvalue weighted by Crippen LogP contribution is -2.49. The van der Waals surface area contributed by atoms with Gasteiger partial charge in [-0.3, -0.25) is 4.79 Å². The summed E-state index contributed by atoms with van der Waals surface area (Å²) in [5, 5.41) is 0. The van der Waals surface area contributed by atoms with Crippen molar-refractivity contribution in [1.29, 1.82) is 0 Å². The maximum absolute atomic E-state index is 12.6. The molecule has 0 saturated carbocycles. The molecule has 26 heavy (non-hydrogen) atoms. The van der Waals surface area contributed by atoms with Crippen LogP contribution in [0.2, 0.25) is 0 Å². The first-order valence-corrected chi connectivity index (χ1v) is 8.66. The number of amides is 1. The van der Waals surface area contributed by atoms with Crippen LogP contribution in [0.4, 0.5) is 0 Å². The first kappa shape index (κ1) is 18.0. The zero-order chi connectivity index (χ0) is 18.5. The number of nitrogens with one attached hydrogen (secondary N) is 1. The summed E-state index contributed by atoms with van der Waals surface area (Å²) < 4.78 is 10.5. The van der Waals surface area contributed by atoms with Gasteiger partial charge < -0.3 is 19.4 Å². The van der Waals surface area contributed by atoms with Gasteiger partial charge in [0.2, 0.25) is 5.91 Å². The Morgan fingerprint density at radius 1 is 1.31 bits per heavy atom. The summed E-state index contributed by atoms with van der Waals surface area (Å²) in [5.74, 6) is 0.284. The van der Waals surface area contributed by atoms with Crippen LogP contribution in [-0.4, -0.2) is 46.5 Å². The number of benzene rings is 1. The van der Waals surface area contributed by atoms with Gasteiger partial charge in [0.25, 0.3) is 0 Å². The number of aromatic nitrogens is 2. The number of rotatable bonds is 6. The summed E-state index contributed by atoms with van der Waals surface area (Å²) >= 11 is 0. The number of nitrogens with zero attached hydrogens (tertiary/aromatic N) is 2. The maximum atomic E-state index is 12.6. The predicted molar refractivity (Wildman–Crippen MR) is 94.6 cm³/mol. The van der Waals surface area contributed by atoms with Gasteiger partial charge in [0.05, 0.1) is 38.0 Å². The minimum atomic E-state index is -0.624. The minimum absolute atomic E-state index is 0.0897. The van der Waals surface area contributed by atoms with Gasteiger partial charge in [0.15, 0.2) is 0 Å². The summed E-state index contributed by atoms with van der Waals surface area (Å²) in [6, 6.07) is 7.17. The molecule has 0 fully saturated rings. The lowest BCUT2D eigenvalue weighted by atomic mass is 10.0. The third kappa shape index (κ3) is 4.04.